The maximum absolute atomic E-state index is 13.7. The van der Waals surface area contributed by atoms with Crippen LogP contribution in [0.3, 0.4) is 0 Å². The van der Waals surface area contributed by atoms with E-state index in [1.807, 2.05) is 82.2 Å². The number of piperidine rings is 1. The van der Waals surface area contributed by atoms with Crippen molar-refractivity contribution >= 4 is 23.6 Å². The molecule has 2 aliphatic heterocycles. The van der Waals surface area contributed by atoms with Crippen molar-refractivity contribution in [2.24, 2.45) is 0 Å². The fourth-order valence-electron chi connectivity index (χ4n) is 4.87. The van der Waals surface area contributed by atoms with Crippen LogP contribution in [0, 0.1) is 0 Å². The molecule has 0 radical (unpaired) electrons. The summed E-state index contributed by atoms with van der Waals surface area (Å²) in [6.07, 6.45) is 3.08. The number of hydrogen-bond acceptors (Lipinski definition) is 4. The van der Waals surface area contributed by atoms with Gasteiger partial charge in [-0.25, -0.2) is 0 Å². The first-order chi connectivity index (χ1) is 15.7. The SMILES string of the molecule is O=C(C(c1ccccc1)c1ccccc1)N1CCC2(CC1)SCCN2C(=O)c1ccco1. The van der Waals surface area contributed by atoms with Gasteiger partial charge in [0.25, 0.3) is 5.91 Å². The van der Waals surface area contributed by atoms with Gasteiger partial charge in [0.15, 0.2) is 5.76 Å². The molecule has 1 spiro atoms. The third-order valence-electron chi connectivity index (χ3n) is 6.52. The van der Waals surface area contributed by atoms with Crippen LogP contribution in [0.15, 0.2) is 83.5 Å². The van der Waals surface area contributed by atoms with Crippen LogP contribution in [-0.4, -0.2) is 51.9 Å². The van der Waals surface area contributed by atoms with Crippen molar-refractivity contribution < 1.29 is 14.0 Å². The summed E-state index contributed by atoms with van der Waals surface area (Å²) in [5.74, 6) is 1.06. The van der Waals surface area contributed by atoms with Gasteiger partial charge in [0.05, 0.1) is 17.1 Å². The van der Waals surface area contributed by atoms with E-state index in [2.05, 4.69) is 0 Å². The Morgan fingerprint density at radius 1 is 0.844 bits per heavy atom. The largest absolute Gasteiger partial charge is 0.459 e. The highest BCUT2D eigenvalue weighted by Gasteiger charge is 2.48. The fraction of sp³-hybridized carbons (Fsp3) is 0.308. The zero-order chi connectivity index (χ0) is 22.0. The zero-order valence-corrected chi connectivity index (χ0v) is 18.7. The molecule has 2 aliphatic rings. The summed E-state index contributed by atoms with van der Waals surface area (Å²) >= 11 is 1.84. The highest BCUT2D eigenvalue weighted by Crippen LogP contribution is 2.45. The predicted molar refractivity (Wildman–Crippen MR) is 125 cm³/mol. The van der Waals surface area contributed by atoms with E-state index in [4.69, 9.17) is 4.42 Å². The standard InChI is InChI=1S/C26H26N2O3S/c29-24(22-12-7-18-31-22)28-17-19-32-26(28)13-15-27(16-14-26)25(30)23(20-8-3-1-4-9-20)21-10-5-2-6-11-21/h1-12,18,23H,13-17,19H2. The number of rotatable bonds is 4. The van der Waals surface area contributed by atoms with E-state index < -0.39 is 0 Å². The fourth-order valence-corrected chi connectivity index (χ4v) is 6.33. The third-order valence-corrected chi connectivity index (χ3v) is 8.08. The van der Waals surface area contributed by atoms with Crippen molar-refractivity contribution in [2.45, 2.75) is 23.6 Å². The first kappa shape index (κ1) is 20.9. The van der Waals surface area contributed by atoms with E-state index in [0.717, 1.165) is 36.3 Å². The molecule has 0 saturated carbocycles. The molecule has 164 valence electrons. The summed E-state index contributed by atoms with van der Waals surface area (Å²) in [4.78, 5) is 30.4. The van der Waals surface area contributed by atoms with Crippen molar-refractivity contribution in [3.63, 3.8) is 0 Å². The Morgan fingerprint density at radius 3 is 2.03 bits per heavy atom. The normalized spacial score (nSPS) is 17.8. The van der Waals surface area contributed by atoms with Crippen molar-refractivity contribution in [1.82, 2.24) is 9.80 Å². The summed E-state index contributed by atoms with van der Waals surface area (Å²) in [7, 11) is 0. The molecule has 0 bridgehead atoms. The van der Waals surface area contributed by atoms with Gasteiger partial charge in [0.2, 0.25) is 5.91 Å². The predicted octanol–water partition coefficient (Wildman–Crippen LogP) is 4.62. The Hall–Kier alpha value is -2.99. The smallest absolute Gasteiger partial charge is 0.290 e. The molecule has 5 nitrogen and oxygen atoms in total. The van der Waals surface area contributed by atoms with E-state index in [1.165, 1.54) is 6.26 Å². The van der Waals surface area contributed by atoms with Gasteiger partial charge in [-0.1, -0.05) is 60.7 Å². The summed E-state index contributed by atoms with van der Waals surface area (Å²) < 4.78 is 5.37. The van der Waals surface area contributed by atoms with Crippen LogP contribution in [0.25, 0.3) is 0 Å². The second-order valence-corrected chi connectivity index (χ2v) is 9.77. The summed E-state index contributed by atoms with van der Waals surface area (Å²) in [5.41, 5.74) is 2.02. The molecule has 3 heterocycles. The van der Waals surface area contributed by atoms with Crippen LogP contribution in [0.2, 0.25) is 0 Å². The number of furan rings is 1. The van der Waals surface area contributed by atoms with Gasteiger partial charge in [-0.15, -0.1) is 11.8 Å². The lowest BCUT2D eigenvalue weighted by atomic mass is 9.89. The average molecular weight is 447 g/mol. The molecule has 0 unspecified atom stereocenters. The Morgan fingerprint density at radius 2 is 1.47 bits per heavy atom. The molecule has 2 saturated heterocycles. The molecular formula is C26H26N2O3S. The summed E-state index contributed by atoms with van der Waals surface area (Å²) in [5, 5.41) is 0. The monoisotopic (exact) mass is 446 g/mol. The lowest BCUT2D eigenvalue weighted by molar-refractivity contribution is -0.133. The zero-order valence-electron chi connectivity index (χ0n) is 17.9. The van der Waals surface area contributed by atoms with Gasteiger partial charge in [0.1, 0.15) is 0 Å². The first-order valence-electron chi connectivity index (χ1n) is 11.1. The van der Waals surface area contributed by atoms with Crippen LogP contribution in [-0.2, 0) is 4.79 Å². The Kier molecular flexibility index (Phi) is 5.79. The first-order valence-corrected chi connectivity index (χ1v) is 12.0. The van der Waals surface area contributed by atoms with E-state index in [0.29, 0.717) is 18.8 Å². The topological polar surface area (TPSA) is 53.8 Å². The number of amides is 2. The molecule has 3 aromatic rings. The van der Waals surface area contributed by atoms with Crippen LogP contribution in [0.5, 0.6) is 0 Å². The number of nitrogens with zero attached hydrogens (tertiary/aromatic N) is 2. The molecule has 5 rings (SSSR count). The lowest BCUT2D eigenvalue weighted by Gasteiger charge is -2.44. The molecular weight excluding hydrogens is 420 g/mol. The molecule has 1 aromatic heterocycles. The highest BCUT2D eigenvalue weighted by atomic mass is 32.2. The third kappa shape index (κ3) is 3.84. The number of hydrogen-bond donors (Lipinski definition) is 0. The molecule has 2 aromatic carbocycles. The number of benzene rings is 2. The van der Waals surface area contributed by atoms with E-state index in [9.17, 15) is 9.59 Å². The van der Waals surface area contributed by atoms with E-state index in [-0.39, 0.29) is 22.6 Å². The Balaban J connectivity index is 1.35. The van der Waals surface area contributed by atoms with E-state index in [1.54, 1.807) is 12.1 Å². The number of carbonyl (C=O) groups excluding carboxylic acids is 2. The molecule has 6 heteroatoms. The van der Waals surface area contributed by atoms with Crippen LogP contribution in [0.1, 0.15) is 40.4 Å². The quantitative estimate of drug-likeness (QED) is 0.587. The minimum absolute atomic E-state index is 0.0498. The Bertz CT molecular complexity index is 1020. The minimum atomic E-state index is -0.316. The molecule has 0 N–H and O–H groups in total. The maximum atomic E-state index is 13.7. The van der Waals surface area contributed by atoms with Crippen LogP contribution < -0.4 is 0 Å². The van der Waals surface area contributed by atoms with Crippen molar-refractivity contribution in [2.75, 3.05) is 25.4 Å². The number of likely N-dealkylation sites (tertiary alicyclic amines) is 1. The van der Waals surface area contributed by atoms with Crippen molar-refractivity contribution in [3.05, 3.63) is 95.9 Å². The maximum Gasteiger partial charge on any atom is 0.290 e. The van der Waals surface area contributed by atoms with Crippen molar-refractivity contribution in [1.29, 1.82) is 0 Å². The molecule has 2 amide bonds. The van der Waals surface area contributed by atoms with Crippen LogP contribution >= 0.6 is 11.8 Å². The molecule has 2 fully saturated rings. The van der Waals surface area contributed by atoms with Crippen molar-refractivity contribution in [3.8, 4) is 0 Å². The van der Waals surface area contributed by atoms with Gasteiger partial charge in [-0.2, -0.15) is 0 Å². The number of carbonyl (C=O) groups is 2. The Labute approximate surface area is 192 Å². The number of thioether (sulfide) groups is 1. The second kappa shape index (κ2) is 8.87. The second-order valence-electron chi connectivity index (χ2n) is 8.31. The average Bonchev–Trinajstić information content (AvgIpc) is 3.52. The van der Waals surface area contributed by atoms with Gasteiger partial charge in [-0.05, 0) is 36.1 Å². The molecule has 0 aliphatic carbocycles. The van der Waals surface area contributed by atoms with Gasteiger partial charge >= 0.3 is 0 Å². The van der Waals surface area contributed by atoms with Gasteiger partial charge in [0, 0.05) is 25.4 Å². The molecule has 0 atom stereocenters. The summed E-state index contributed by atoms with van der Waals surface area (Å²) in [6.45, 7) is 2.00. The van der Waals surface area contributed by atoms with Crippen LogP contribution in [0.4, 0.5) is 0 Å². The lowest BCUT2D eigenvalue weighted by Crippen LogP contribution is -2.54. The molecule has 32 heavy (non-hydrogen) atoms. The minimum Gasteiger partial charge on any atom is -0.459 e. The summed E-state index contributed by atoms with van der Waals surface area (Å²) in [6, 6.07) is 23.5. The van der Waals surface area contributed by atoms with E-state index >= 15 is 0 Å². The van der Waals surface area contributed by atoms with Gasteiger partial charge < -0.3 is 14.2 Å². The highest BCUT2D eigenvalue weighted by molar-refractivity contribution is 8.00. The van der Waals surface area contributed by atoms with Gasteiger partial charge in [-0.3, -0.25) is 9.59 Å².